The van der Waals surface area contributed by atoms with Gasteiger partial charge in [-0.1, -0.05) is 0 Å². The minimum Gasteiger partial charge on any atom is -0.354 e. The maximum atomic E-state index is 12.5. The summed E-state index contributed by atoms with van der Waals surface area (Å²) in [5.74, 6) is -1.08. The Labute approximate surface area is 163 Å². The van der Waals surface area contributed by atoms with Gasteiger partial charge in [0.05, 0.1) is 5.56 Å². The summed E-state index contributed by atoms with van der Waals surface area (Å²) in [5.41, 5.74) is -0.200. The van der Waals surface area contributed by atoms with Gasteiger partial charge in [0, 0.05) is 42.6 Å². The van der Waals surface area contributed by atoms with E-state index in [1.165, 1.54) is 11.3 Å². The smallest absolute Gasteiger partial charge is 0.354 e. The Morgan fingerprint density at radius 2 is 1.43 bits per heavy atom. The van der Waals surface area contributed by atoms with E-state index in [1.807, 2.05) is 0 Å². The quantitative estimate of drug-likeness (QED) is 0.581. The number of alkyl halides is 3. The third kappa shape index (κ3) is 6.69. The molecule has 1 heterocycles. The lowest BCUT2D eigenvalue weighted by Gasteiger charge is -2.09. The van der Waals surface area contributed by atoms with E-state index in [4.69, 9.17) is 0 Å². The van der Waals surface area contributed by atoms with E-state index >= 15 is 0 Å². The van der Waals surface area contributed by atoms with Gasteiger partial charge in [0.25, 0.3) is 11.8 Å². The molecule has 1 aromatic heterocycles. The van der Waals surface area contributed by atoms with Gasteiger partial charge >= 0.3 is 6.18 Å². The Morgan fingerprint density at radius 3 is 2.04 bits per heavy atom. The molecule has 1 aromatic carbocycles. The first-order valence-corrected chi connectivity index (χ1v) is 9.24. The maximum absolute atomic E-state index is 12.5. The Kier molecular flexibility index (Phi) is 7.56. The number of rotatable bonds is 8. The molecule has 3 amide bonds. The lowest BCUT2D eigenvalue weighted by atomic mass is 10.1. The van der Waals surface area contributed by atoms with E-state index in [-0.39, 0.29) is 43.4 Å². The van der Waals surface area contributed by atoms with Crippen molar-refractivity contribution in [2.24, 2.45) is 0 Å². The van der Waals surface area contributed by atoms with Crippen LogP contribution in [-0.2, 0) is 11.0 Å². The van der Waals surface area contributed by atoms with E-state index in [1.54, 1.807) is 16.8 Å². The normalized spacial score (nSPS) is 11.0. The van der Waals surface area contributed by atoms with Gasteiger partial charge in [-0.15, -0.1) is 0 Å². The summed E-state index contributed by atoms with van der Waals surface area (Å²) in [6.07, 6.45) is -4.37. The Balaban J connectivity index is 1.62. The summed E-state index contributed by atoms with van der Waals surface area (Å²) in [6.45, 7) is 0.453. The van der Waals surface area contributed by atoms with Crippen molar-refractivity contribution >= 4 is 29.1 Å². The molecule has 0 fully saturated rings. The molecule has 3 N–H and O–H groups in total. The van der Waals surface area contributed by atoms with Crippen molar-refractivity contribution in [3.63, 3.8) is 0 Å². The van der Waals surface area contributed by atoms with Gasteiger partial charge in [-0.05, 0) is 35.7 Å². The van der Waals surface area contributed by atoms with E-state index in [0.29, 0.717) is 5.56 Å². The molecule has 10 heteroatoms. The molecular weight excluding hydrogens is 395 g/mol. The van der Waals surface area contributed by atoms with Crippen molar-refractivity contribution in [1.29, 1.82) is 0 Å². The van der Waals surface area contributed by atoms with Crippen LogP contribution in [0.1, 0.15) is 32.7 Å². The number of nitrogens with one attached hydrogen (secondary N) is 3. The van der Waals surface area contributed by atoms with Crippen LogP contribution in [0, 0.1) is 0 Å². The summed E-state index contributed by atoms with van der Waals surface area (Å²) in [4.78, 5) is 35.2. The number of hydrogen-bond acceptors (Lipinski definition) is 4. The van der Waals surface area contributed by atoms with Crippen molar-refractivity contribution < 1.29 is 27.6 Å². The molecular formula is C18H18F3N3O3S. The number of carbonyl (C=O) groups is 3. The highest BCUT2D eigenvalue weighted by Crippen LogP contribution is 2.29. The Bertz CT molecular complexity index is 806. The molecule has 0 spiro atoms. The molecule has 0 saturated carbocycles. The van der Waals surface area contributed by atoms with Crippen LogP contribution in [0.25, 0.3) is 0 Å². The van der Waals surface area contributed by atoms with Crippen molar-refractivity contribution in [3.8, 4) is 0 Å². The van der Waals surface area contributed by atoms with Gasteiger partial charge in [-0.3, -0.25) is 14.4 Å². The van der Waals surface area contributed by atoms with Gasteiger partial charge in [0.15, 0.2) is 0 Å². The summed E-state index contributed by atoms with van der Waals surface area (Å²) in [5, 5.41) is 11.2. The molecule has 0 unspecified atom stereocenters. The first kappa shape index (κ1) is 21.4. The highest BCUT2D eigenvalue weighted by Gasteiger charge is 2.30. The van der Waals surface area contributed by atoms with Crippen molar-refractivity contribution in [2.45, 2.75) is 12.6 Å². The minimum atomic E-state index is -4.46. The highest BCUT2D eigenvalue weighted by atomic mass is 32.1. The molecule has 0 radical (unpaired) electrons. The number of halogens is 3. The predicted octanol–water partition coefficient (Wildman–Crippen LogP) is 2.43. The number of benzene rings is 1. The number of amides is 3. The third-order valence-electron chi connectivity index (χ3n) is 3.63. The minimum absolute atomic E-state index is 0.0860. The standard InChI is InChI=1S/C18H18F3N3O3S/c19-18(20,21)14-3-1-12(2-4-14)16(26)24-9-8-22-15(25)5-7-23-17(27)13-6-10-28-11-13/h1-4,6,10-11H,5,7-9H2,(H,22,25)(H,23,27)(H,24,26). The highest BCUT2D eigenvalue weighted by molar-refractivity contribution is 7.08. The first-order chi connectivity index (χ1) is 13.3. The zero-order valence-electron chi connectivity index (χ0n) is 14.6. The zero-order chi connectivity index (χ0) is 20.6. The fraction of sp³-hybridized carbons (Fsp3) is 0.278. The van der Waals surface area contributed by atoms with Crippen LogP contribution >= 0.6 is 11.3 Å². The number of hydrogen-bond donors (Lipinski definition) is 3. The van der Waals surface area contributed by atoms with E-state index < -0.39 is 17.6 Å². The second-order valence-corrected chi connectivity index (χ2v) is 6.48. The molecule has 28 heavy (non-hydrogen) atoms. The zero-order valence-corrected chi connectivity index (χ0v) is 15.5. The molecule has 2 aromatic rings. The molecule has 6 nitrogen and oxygen atoms in total. The van der Waals surface area contributed by atoms with Crippen molar-refractivity contribution in [3.05, 3.63) is 57.8 Å². The topological polar surface area (TPSA) is 87.3 Å². The van der Waals surface area contributed by atoms with Crippen molar-refractivity contribution in [1.82, 2.24) is 16.0 Å². The average molecular weight is 413 g/mol. The molecule has 150 valence electrons. The molecule has 0 aliphatic carbocycles. The van der Waals surface area contributed by atoms with E-state index in [0.717, 1.165) is 24.3 Å². The summed E-state index contributed by atoms with van der Waals surface area (Å²) >= 11 is 1.40. The van der Waals surface area contributed by atoms with Crippen LogP contribution in [0.2, 0.25) is 0 Å². The number of thiophene rings is 1. The fourth-order valence-corrected chi connectivity index (χ4v) is 2.80. The van der Waals surface area contributed by atoms with Crippen LogP contribution in [0.5, 0.6) is 0 Å². The molecule has 0 saturated heterocycles. The van der Waals surface area contributed by atoms with Crippen LogP contribution in [-0.4, -0.2) is 37.4 Å². The third-order valence-corrected chi connectivity index (χ3v) is 4.31. The van der Waals surface area contributed by atoms with Crippen LogP contribution in [0.3, 0.4) is 0 Å². The van der Waals surface area contributed by atoms with Gasteiger partial charge in [-0.25, -0.2) is 0 Å². The Morgan fingerprint density at radius 1 is 0.821 bits per heavy atom. The summed E-state index contributed by atoms with van der Waals surface area (Å²) in [7, 11) is 0. The van der Waals surface area contributed by atoms with Crippen LogP contribution in [0.15, 0.2) is 41.1 Å². The average Bonchev–Trinajstić information content (AvgIpc) is 3.19. The lowest BCUT2D eigenvalue weighted by Crippen LogP contribution is -2.36. The number of carbonyl (C=O) groups excluding carboxylic acids is 3. The molecule has 0 aliphatic rings. The lowest BCUT2D eigenvalue weighted by molar-refractivity contribution is -0.137. The monoisotopic (exact) mass is 413 g/mol. The molecule has 2 rings (SSSR count). The van der Waals surface area contributed by atoms with Crippen molar-refractivity contribution in [2.75, 3.05) is 19.6 Å². The molecule has 0 bridgehead atoms. The fourth-order valence-electron chi connectivity index (χ4n) is 2.16. The molecule has 0 atom stereocenters. The van der Waals surface area contributed by atoms with Gasteiger partial charge in [0.1, 0.15) is 0 Å². The van der Waals surface area contributed by atoms with Gasteiger partial charge < -0.3 is 16.0 Å². The van der Waals surface area contributed by atoms with Gasteiger partial charge in [0.2, 0.25) is 5.91 Å². The van der Waals surface area contributed by atoms with E-state index in [2.05, 4.69) is 16.0 Å². The largest absolute Gasteiger partial charge is 0.416 e. The van der Waals surface area contributed by atoms with Crippen LogP contribution < -0.4 is 16.0 Å². The molecule has 0 aliphatic heterocycles. The SMILES string of the molecule is O=C(CCNC(=O)c1ccsc1)NCCNC(=O)c1ccc(C(F)(F)F)cc1. The Hall–Kier alpha value is -2.88. The van der Waals surface area contributed by atoms with E-state index in [9.17, 15) is 27.6 Å². The van der Waals surface area contributed by atoms with Gasteiger partial charge in [-0.2, -0.15) is 24.5 Å². The summed E-state index contributed by atoms with van der Waals surface area (Å²) in [6, 6.07) is 5.53. The first-order valence-electron chi connectivity index (χ1n) is 8.30. The second-order valence-electron chi connectivity index (χ2n) is 5.70. The second kappa shape index (κ2) is 9.88. The van der Waals surface area contributed by atoms with Crippen LogP contribution in [0.4, 0.5) is 13.2 Å². The predicted molar refractivity (Wildman–Crippen MR) is 98.1 cm³/mol. The maximum Gasteiger partial charge on any atom is 0.416 e. The summed E-state index contributed by atoms with van der Waals surface area (Å²) < 4.78 is 37.5.